The number of amides is 1. The average molecular weight is 434 g/mol. The molecule has 0 unspecified atom stereocenters. The zero-order valence-electron chi connectivity index (χ0n) is 16.9. The molecule has 0 radical (unpaired) electrons. The molecule has 0 aliphatic carbocycles. The molecule has 6 nitrogen and oxygen atoms in total. The lowest BCUT2D eigenvalue weighted by molar-refractivity contribution is -0.917. The van der Waals surface area contributed by atoms with E-state index in [2.05, 4.69) is 29.2 Å². The number of benzene rings is 2. The van der Waals surface area contributed by atoms with Crippen LogP contribution in [0.15, 0.2) is 71.7 Å². The van der Waals surface area contributed by atoms with Crippen molar-refractivity contribution in [2.75, 3.05) is 26.2 Å². The molecule has 0 atom stereocenters. The lowest BCUT2D eigenvalue weighted by Crippen LogP contribution is -3.13. The minimum Gasteiger partial charge on any atom is -0.328 e. The third kappa shape index (κ3) is 3.92. The fourth-order valence-corrected chi connectivity index (χ4v) is 4.35. The Morgan fingerprint density at radius 1 is 1.03 bits per heavy atom. The normalized spacial score (nSPS) is 14.9. The minimum absolute atomic E-state index is 0.0567. The topological polar surface area (TPSA) is 59.1 Å². The summed E-state index contributed by atoms with van der Waals surface area (Å²) in [4.78, 5) is 33.9. The summed E-state index contributed by atoms with van der Waals surface area (Å²) in [6, 6.07) is 18.9. The number of carbonyl (C=O) groups is 1. The number of fused-ring (bicyclic) bond motifs is 2. The second-order valence-electron chi connectivity index (χ2n) is 7.93. The summed E-state index contributed by atoms with van der Waals surface area (Å²) in [6.07, 6.45) is 1.59. The number of pyridine rings is 1. The van der Waals surface area contributed by atoms with Crippen LogP contribution in [0, 0.1) is 0 Å². The summed E-state index contributed by atoms with van der Waals surface area (Å²) in [5.74, 6) is -0.0567. The molecular formula is C24H22ClN4O2+. The van der Waals surface area contributed by atoms with Crippen LogP contribution in [0.2, 0.25) is 5.02 Å². The van der Waals surface area contributed by atoms with E-state index >= 15 is 0 Å². The molecule has 156 valence electrons. The number of rotatable bonds is 3. The molecule has 3 heterocycles. The van der Waals surface area contributed by atoms with Crippen molar-refractivity contribution in [3.05, 3.63) is 93.4 Å². The standard InChI is InChI=1S/C24H21ClN4O2/c25-19-7-8-21-20(14-19)24(31)29-16-18(6-9-22(29)26-21)23(30)28-12-10-27(11-13-28)15-17-4-2-1-3-5-17/h1-9,14,16H,10-13,15H2/p+1. The quantitative estimate of drug-likeness (QED) is 0.503. The van der Waals surface area contributed by atoms with Crippen molar-refractivity contribution < 1.29 is 9.69 Å². The molecule has 0 saturated carbocycles. The smallest absolute Gasteiger partial charge is 0.265 e. The number of carbonyl (C=O) groups excluding carboxylic acids is 1. The largest absolute Gasteiger partial charge is 0.328 e. The van der Waals surface area contributed by atoms with E-state index in [1.807, 2.05) is 11.0 Å². The number of halogens is 1. The van der Waals surface area contributed by atoms with Gasteiger partial charge in [-0.2, -0.15) is 0 Å². The predicted molar refractivity (Wildman–Crippen MR) is 121 cm³/mol. The second kappa shape index (κ2) is 8.13. The van der Waals surface area contributed by atoms with Crippen LogP contribution >= 0.6 is 11.6 Å². The van der Waals surface area contributed by atoms with Crippen LogP contribution in [0.3, 0.4) is 0 Å². The maximum Gasteiger partial charge on any atom is 0.265 e. The van der Waals surface area contributed by atoms with Crippen molar-refractivity contribution >= 4 is 34.1 Å². The van der Waals surface area contributed by atoms with Crippen molar-refractivity contribution in [3.63, 3.8) is 0 Å². The fourth-order valence-electron chi connectivity index (χ4n) is 4.17. The van der Waals surface area contributed by atoms with Crippen LogP contribution in [-0.2, 0) is 6.54 Å². The third-order valence-corrected chi connectivity index (χ3v) is 6.11. The van der Waals surface area contributed by atoms with Gasteiger partial charge >= 0.3 is 0 Å². The summed E-state index contributed by atoms with van der Waals surface area (Å²) in [6.45, 7) is 4.16. The van der Waals surface area contributed by atoms with Gasteiger partial charge < -0.3 is 9.80 Å². The number of piperazine rings is 1. The maximum atomic E-state index is 13.1. The Balaban J connectivity index is 1.36. The lowest BCUT2D eigenvalue weighted by atomic mass is 10.2. The van der Waals surface area contributed by atoms with Gasteiger partial charge in [0.05, 0.1) is 42.6 Å². The highest BCUT2D eigenvalue weighted by Gasteiger charge is 2.25. The lowest BCUT2D eigenvalue weighted by Gasteiger charge is -2.32. The van der Waals surface area contributed by atoms with E-state index in [0.717, 1.165) is 19.6 Å². The van der Waals surface area contributed by atoms with Crippen LogP contribution in [0.4, 0.5) is 0 Å². The second-order valence-corrected chi connectivity index (χ2v) is 8.37. The van der Waals surface area contributed by atoms with E-state index in [0.29, 0.717) is 40.2 Å². The number of hydrogen-bond donors (Lipinski definition) is 1. The molecule has 4 aromatic rings. The van der Waals surface area contributed by atoms with Crippen molar-refractivity contribution in [3.8, 4) is 0 Å². The highest BCUT2D eigenvalue weighted by atomic mass is 35.5. The highest BCUT2D eigenvalue weighted by Crippen LogP contribution is 2.16. The molecule has 1 fully saturated rings. The van der Waals surface area contributed by atoms with E-state index in [-0.39, 0.29) is 11.5 Å². The first-order valence-corrected chi connectivity index (χ1v) is 10.7. The maximum absolute atomic E-state index is 13.1. The van der Waals surface area contributed by atoms with Crippen molar-refractivity contribution in [2.45, 2.75) is 6.54 Å². The molecule has 0 bridgehead atoms. The van der Waals surface area contributed by atoms with E-state index in [4.69, 9.17) is 11.6 Å². The monoisotopic (exact) mass is 433 g/mol. The molecule has 1 amide bonds. The number of nitrogens with zero attached hydrogens (tertiary/aromatic N) is 3. The van der Waals surface area contributed by atoms with Gasteiger partial charge in [0.1, 0.15) is 12.2 Å². The average Bonchev–Trinajstić information content (AvgIpc) is 2.80. The Labute approximate surface area is 184 Å². The summed E-state index contributed by atoms with van der Waals surface area (Å²) in [5, 5.41) is 0.919. The summed E-state index contributed by atoms with van der Waals surface area (Å²) >= 11 is 6.05. The van der Waals surface area contributed by atoms with Crippen LogP contribution in [0.25, 0.3) is 16.6 Å². The van der Waals surface area contributed by atoms with Gasteiger partial charge in [-0.05, 0) is 30.3 Å². The minimum atomic E-state index is -0.228. The van der Waals surface area contributed by atoms with E-state index in [1.165, 1.54) is 14.9 Å². The molecule has 0 spiro atoms. The van der Waals surface area contributed by atoms with Gasteiger partial charge in [0.25, 0.3) is 11.5 Å². The van der Waals surface area contributed by atoms with Crippen LogP contribution in [-0.4, -0.2) is 46.4 Å². The van der Waals surface area contributed by atoms with Gasteiger partial charge in [-0.15, -0.1) is 0 Å². The van der Waals surface area contributed by atoms with Gasteiger partial charge in [-0.25, -0.2) is 4.98 Å². The predicted octanol–water partition coefficient (Wildman–Crippen LogP) is 2.04. The van der Waals surface area contributed by atoms with Crippen molar-refractivity contribution in [1.82, 2.24) is 14.3 Å². The SMILES string of the molecule is O=C(c1ccc2nc3ccc(Cl)cc3c(=O)n2c1)N1CC[NH+](Cc2ccccc2)CC1. The first-order valence-electron chi connectivity index (χ1n) is 10.4. The van der Waals surface area contributed by atoms with Crippen LogP contribution < -0.4 is 10.5 Å². The van der Waals surface area contributed by atoms with Gasteiger partial charge in [0, 0.05) is 16.8 Å². The van der Waals surface area contributed by atoms with E-state index in [9.17, 15) is 9.59 Å². The number of nitrogens with one attached hydrogen (secondary N) is 1. The Morgan fingerprint density at radius 3 is 2.58 bits per heavy atom. The van der Waals surface area contributed by atoms with Crippen molar-refractivity contribution in [2.24, 2.45) is 0 Å². The highest BCUT2D eigenvalue weighted by molar-refractivity contribution is 6.31. The summed E-state index contributed by atoms with van der Waals surface area (Å²) in [5.41, 5.74) is 2.67. The number of quaternary nitrogens is 1. The molecule has 2 aromatic carbocycles. The van der Waals surface area contributed by atoms with Crippen LogP contribution in [0.1, 0.15) is 15.9 Å². The molecule has 1 aliphatic heterocycles. The molecular weight excluding hydrogens is 412 g/mol. The Hall–Kier alpha value is -3.22. The first-order chi connectivity index (χ1) is 15.1. The van der Waals surface area contributed by atoms with Gasteiger partial charge in [0.15, 0.2) is 0 Å². The van der Waals surface area contributed by atoms with Crippen LogP contribution in [0.5, 0.6) is 0 Å². The molecule has 7 heteroatoms. The fraction of sp³-hybridized carbons (Fsp3) is 0.208. The Kier molecular flexibility index (Phi) is 5.18. The third-order valence-electron chi connectivity index (χ3n) is 5.87. The number of aromatic nitrogens is 2. The van der Waals surface area contributed by atoms with E-state index in [1.54, 1.807) is 36.5 Å². The van der Waals surface area contributed by atoms with Crippen molar-refractivity contribution in [1.29, 1.82) is 0 Å². The summed E-state index contributed by atoms with van der Waals surface area (Å²) < 4.78 is 1.43. The van der Waals surface area contributed by atoms with Gasteiger partial charge in [0.2, 0.25) is 0 Å². The van der Waals surface area contributed by atoms with Gasteiger partial charge in [-0.3, -0.25) is 14.0 Å². The number of hydrogen-bond acceptors (Lipinski definition) is 3. The molecule has 2 aromatic heterocycles. The Bertz CT molecular complexity index is 1330. The first kappa shape index (κ1) is 19.7. The zero-order valence-corrected chi connectivity index (χ0v) is 17.7. The Morgan fingerprint density at radius 2 is 1.81 bits per heavy atom. The molecule has 1 aliphatic rings. The molecule has 31 heavy (non-hydrogen) atoms. The van der Waals surface area contributed by atoms with E-state index < -0.39 is 0 Å². The van der Waals surface area contributed by atoms with Gasteiger partial charge in [-0.1, -0.05) is 41.9 Å². The summed E-state index contributed by atoms with van der Waals surface area (Å²) in [7, 11) is 0. The zero-order chi connectivity index (χ0) is 21.4. The molecule has 5 rings (SSSR count). The molecule has 1 N–H and O–H groups in total. The molecule has 1 saturated heterocycles.